The molecule has 0 unspecified atom stereocenters. The second-order valence-corrected chi connectivity index (χ2v) is 11.9. The molecule has 0 aromatic heterocycles. The number of hydrogen-bond donors (Lipinski definition) is 10. The van der Waals surface area contributed by atoms with Gasteiger partial charge >= 0.3 is 0 Å². The third-order valence-corrected chi connectivity index (χ3v) is 7.92. The first-order valence-electron chi connectivity index (χ1n) is 15.7. The number of phenols is 1. The minimum Gasteiger partial charge on any atom is -0.508 e. The molecule has 19 nitrogen and oxygen atoms in total. The average Bonchev–Trinajstić information content (AvgIpc) is 3.71. The van der Waals surface area contributed by atoms with E-state index in [4.69, 9.17) is 11.5 Å². The van der Waals surface area contributed by atoms with E-state index < -0.39 is 97.2 Å². The van der Waals surface area contributed by atoms with Gasteiger partial charge in [-0.25, -0.2) is 0 Å². The lowest BCUT2D eigenvalue weighted by molar-refractivity contribution is -0.141. The summed E-state index contributed by atoms with van der Waals surface area (Å²) in [5.41, 5.74) is 10.8. The van der Waals surface area contributed by atoms with Crippen molar-refractivity contribution in [2.75, 3.05) is 26.2 Å². The summed E-state index contributed by atoms with van der Waals surface area (Å²) < 4.78 is 0. The molecule has 0 spiro atoms. The zero-order valence-electron chi connectivity index (χ0n) is 26.9. The largest absolute Gasteiger partial charge is 0.508 e. The van der Waals surface area contributed by atoms with Crippen LogP contribution in [0.3, 0.4) is 0 Å². The van der Waals surface area contributed by atoms with Crippen LogP contribution in [-0.4, -0.2) is 125 Å². The highest BCUT2D eigenvalue weighted by molar-refractivity contribution is 5.97. The van der Waals surface area contributed by atoms with Crippen molar-refractivity contribution in [2.45, 2.75) is 75.3 Å². The van der Waals surface area contributed by atoms with E-state index in [1.807, 2.05) is 0 Å². The number of rotatable bonds is 16. The molecule has 2 heterocycles. The Bertz CT molecular complexity index is 1420. The second-order valence-electron chi connectivity index (χ2n) is 11.9. The van der Waals surface area contributed by atoms with Crippen LogP contribution in [-0.2, 0) is 44.8 Å². The Morgan fingerprint density at radius 2 is 1.57 bits per heavy atom. The van der Waals surface area contributed by atoms with Gasteiger partial charge in [-0.1, -0.05) is 12.1 Å². The molecule has 49 heavy (non-hydrogen) atoms. The van der Waals surface area contributed by atoms with Crippen LogP contribution in [0.2, 0.25) is 0 Å². The number of β-amino-alcohol motifs (C(OH)–C–C–N with tert-alkyl or cyclic N) is 1. The fourth-order valence-corrected chi connectivity index (χ4v) is 5.41. The van der Waals surface area contributed by atoms with E-state index in [1.165, 1.54) is 36.1 Å². The van der Waals surface area contributed by atoms with Crippen LogP contribution >= 0.6 is 0 Å². The van der Waals surface area contributed by atoms with Crippen LogP contribution in [0.4, 0.5) is 0 Å². The first kappa shape index (κ1) is 38.2. The van der Waals surface area contributed by atoms with E-state index in [2.05, 4.69) is 31.9 Å². The van der Waals surface area contributed by atoms with Gasteiger partial charge in [0.2, 0.25) is 47.3 Å². The quantitative estimate of drug-likeness (QED) is 0.0782. The lowest BCUT2D eigenvalue weighted by Gasteiger charge is -2.29. The number of carbonyl (C=O) groups is 8. The second kappa shape index (κ2) is 17.7. The summed E-state index contributed by atoms with van der Waals surface area (Å²) in [4.78, 5) is 102. The number of hydrogen-bond acceptors (Lipinski definition) is 11. The van der Waals surface area contributed by atoms with Crippen molar-refractivity contribution in [1.82, 2.24) is 36.8 Å². The fraction of sp³-hybridized carbons (Fsp3) is 0.533. The van der Waals surface area contributed by atoms with Crippen molar-refractivity contribution in [2.24, 2.45) is 11.5 Å². The SMILES string of the molecule is C[C@H](NC(=O)CNC(=O)[C@H](CC(N)=O)NC(=O)[C@H](Cc1ccc(O)cc1)NC(=O)[C@@H]1CCCN1C(=O)[C@@H]1C[C@@H](O)CN1)C(=O)NCC(N)=O. The molecule has 0 aliphatic carbocycles. The number of aliphatic hydroxyl groups excluding tert-OH is 1. The molecule has 2 fully saturated rings. The summed E-state index contributed by atoms with van der Waals surface area (Å²) in [5, 5.41) is 34.3. The fourth-order valence-electron chi connectivity index (χ4n) is 5.41. The van der Waals surface area contributed by atoms with E-state index in [-0.39, 0.29) is 31.0 Å². The highest BCUT2D eigenvalue weighted by atomic mass is 16.3. The van der Waals surface area contributed by atoms with Gasteiger partial charge in [-0.3, -0.25) is 38.4 Å². The molecule has 268 valence electrons. The van der Waals surface area contributed by atoms with E-state index in [9.17, 15) is 48.6 Å². The number of likely N-dealkylation sites (tertiary alicyclic amines) is 1. The van der Waals surface area contributed by atoms with Gasteiger partial charge in [0, 0.05) is 19.5 Å². The zero-order valence-corrected chi connectivity index (χ0v) is 26.9. The number of nitrogens with zero attached hydrogens (tertiary/aromatic N) is 1. The molecule has 8 amide bonds. The predicted molar refractivity (Wildman–Crippen MR) is 169 cm³/mol. The van der Waals surface area contributed by atoms with Crippen molar-refractivity contribution in [1.29, 1.82) is 0 Å². The average molecular weight is 690 g/mol. The number of phenolic OH excluding ortho intramolecular Hbond substituents is 1. The number of amides is 8. The first-order chi connectivity index (χ1) is 23.1. The summed E-state index contributed by atoms with van der Waals surface area (Å²) >= 11 is 0. The maximum absolute atomic E-state index is 13.6. The molecule has 19 heteroatoms. The molecule has 2 aliphatic rings. The van der Waals surface area contributed by atoms with Crippen LogP contribution in [0.25, 0.3) is 0 Å². The van der Waals surface area contributed by atoms with Crippen LogP contribution in [0.5, 0.6) is 5.75 Å². The normalized spacial score (nSPS) is 20.3. The van der Waals surface area contributed by atoms with Crippen LogP contribution < -0.4 is 43.4 Å². The first-order valence-corrected chi connectivity index (χ1v) is 15.7. The highest BCUT2D eigenvalue weighted by Gasteiger charge is 2.40. The minimum atomic E-state index is -1.57. The topological polar surface area (TPSA) is 304 Å². The van der Waals surface area contributed by atoms with Gasteiger partial charge in [-0.2, -0.15) is 0 Å². The molecular weight excluding hydrogens is 646 g/mol. The van der Waals surface area contributed by atoms with Gasteiger partial charge in [-0.05, 0) is 43.9 Å². The van der Waals surface area contributed by atoms with E-state index in [1.54, 1.807) is 0 Å². The summed E-state index contributed by atoms with van der Waals surface area (Å²) in [5.74, 6) is -6.16. The molecule has 0 bridgehead atoms. The number of nitrogens with two attached hydrogens (primary N) is 2. The number of aliphatic hydroxyl groups is 1. The van der Waals surface area contributed by atoms with Crippen molar-refractivity contribution in [3.8, 4) is 5.75 Å². The number of aromatic hydroxyl groups is 1. The Morgan fingerprint density at radius 1 is 0.898 bits per heavy atom. The third-order valence-electron chi connectivity index (χ3n) is 7.92. The minimum absolute atomic E-state index is 0.0394. The Kier molecular flexibility index (Phi) is 13.8. The van der Waals surface area contributed by atoms with Crippen molar-refractivity contribution in [3.05, 3.63) is 29.8 Å². The Labute approximate surface area is 281 Å². The van der Waals surface area contributed by atoms with Crippen LogP contribution in [0, 0.1) is 0 Å². The van der Waals surface area contributed by atoms with Gasteiger partial charge in [0.15, 0.2) is 0 Å². The number of benzene rings is 1. The number of primary amides is 2. The maximum atomic E-state index is 13.6. The van der Waals surface area contributed by atoms with E-state index in [0.717, 1.165) is 0 Å². The molecular formula is C30H43N9O10. The maximum Gasteiger partial charge on any atom is 0.243 e. The molecule has 6 atom stereocenters. The molecule has 3 rings (SSSR count). The highest BCUT2D eigenvalue weighted by Crippen LogP contribution is 2.21. The summed E-state index contributed by atoms with van der Waals surface area (Å²) in [6.07, 6.45) is -0.425. The van der Waals surface area contributed by atoms with Crippen molar-refractivity contribution >= 4 is 47.3 Å². The van der Waals surface area contributed by atoms with Gasteiger partial charge in [0.1, 0.15) is 29.9 Å². The van der Waals surface area contributed by atoms with Gasteiger partial charge in [0.25, 0.3) is 0 Å². The van der Waals surface area contributed by atoms with Gasteiger partial charge in [0.05, 0.1) is 31.7 Å². The Hall–Kier alpha value is -5.30. The van der Waals surface area contributed by atoms with Gasteiger partial charge in [-0.15, -0.1) is 0 Å². The predicted octanol–water partition coefficient (Wildman–Crippen LogP) is -5.28. The summed E-state index contributed by atoms with van der Waals surface area (Å²) in [6, 6.07) is 0.234. The molecule has 1 aromatic rings. The third kappa shape index (κ3) is 11.7. The number of carbonyl (C=O) groups excluding carboxylic acids is 8. The van der Waals surface area contributed by atoms with Crippen LogP contribution in [0.15, 0.2) is 24.3 Å². The Morgan fingerprint density at radius 3 is 2.18 bits per heavy atom. The lowest BCUT2D eigenvalue weighted by Crippen LogP contribution is -2.58. The Balaban J connectivity index is 1.70. The molecule has 2 saturated heterocycles. The van der Waals surface area contributed by atoms with Crippen molar-refractivity contribution in [3.63, 3.8) is 0 Å². The van der Waals surface area contributed by atoms with Crippen LogP contribution in [0.1, 0.15) is 38.2 Å². The molecule has 0 radical (unpaired) electrons. The van der Waals surface area contributed by atoms with Crippen molar-refractivity contribution < 1.29 is 48.6 Å². The van der Waals surface area contributed by atoms with Gasteiger partial charge < -0.3 is 58.5 Å². The molecule has 0 saturated carbocycles. The standard InChI is InChI=1S/C30H43N9O10/c1-15(26(45)34-13-24(32)43)36-25(44)14-35-27(46)20(11-23(31)42)37-28(47)19(9-16-4-6-17(40)7-5-16)38-29(48)22-3-2-8-39(22)30(49)21-10-18(41)12-33-21/h4-7,15,18-22,33,40-41H,2-3,8-14H2,1H3,(H2,31,42)(H2,32,43)(H,34,45)(H,35,46)(H,36,44)(H,37,47)(H,38,48)/t15-,18+,19-,20-,21-,22-/m0/s1. The monoisotopic (exact) mass is 689 g/mol. The summed E-state index contributed by atoms with van der Waals surface area (Å²) in [6.45, 7) is 0.758. The molecule has 12 N–H and O–H groups in total. The summed E-state index contributed by atoms with van der Waals surface area (Å²) in [7, 11) is 0. The number of nitrogens with one attached hydrogen (secondary N) is 6. The zero-order chi connectivity index (χ0) is 36.2. The molecule has 1 aromatic carbocycles. The smallest absolute Gasteiger partial charge is 0.243 e. The van der Waals surface area contributed by atoms with E-state index in [0.29, 0.717) is 24.9 Å². The molecule has 2 aliphatic heterocycles. The van der Waals surface area contributed by atoms with E-state index >= 15 is 0 Å². The lowest BCUT2D eigenvalue weighted by atomic mass is 10.0.